The molecule has 1 aromatic carbocycles. The lowest BCUT2D eigenvalue weighted by molar-refractivity contribution is -0.138. The number of hydrogen-bond donors (Lipinski definition) is 2. The zero-order valence-corrected chi connectivity index (χ0v) is 16.7. The van der Waals surface area contributed by atoms with Crippen LogP contribution in [-0.4, -0.2) is 21.0 Å². The number of sulfonamides is 1. The minimum absolute atomic E-state index is 0.146. The van der Waals surface area contributed by atoms with Crippen LogP contribution < -0.4 is 10.0 Å². The smallest absolute Gasteiger partial charge is 0.350 e. The van der Waals surface area contributed by atoms with Gasteiger partial charge in [0.05, 0.1) is 18.0 Å². The van der Waals surface area contributed by atoms with Crippen molar-refractivity contribution >= 4 is 38.7 Å². The van der Waals surface area contributed by atoms with E-state index < -0.39 is 16.0 Å². The van der Waals surface area contributed by atoms with Crippen LogP contribution in [0.4, 0.5) is 11.4 Å². The molecule has 2 rings (SSSR count). The summed E-state index contributed by atoms with van der Waals surface area (Å²) < 4.78 is 32.7. The molecule has 1 heterocycles. The molecule has 0 saturated heterocycles. The average Bonchev–Trinajstić information content (AvgIpc) is 2.96. The van der Waals surface area contributed by atoms with Gasteiger partial charge in [0.25, 0.3) is 10.0 Å². The number of carbonyl (C=O) groups excluding carboxylic acids is 1. The van der Waals surface area contributed by atoms with Gasteiger partial charge in [-0.05, 0) is 39.0 Å². The van der Waals surface area contributed by atoms with Crippen molar-refractivity contribution in [2.24, 2.45) is 0 Å². The Bertz CT molecular complexity index is 1020. The van der Waals surface area contributed by atoms with Gasteiger partial charge in [0, 0.05) is 16.0 Å². The minimum atomic E-state index is -3.77. The number of benzene rings is 1. The predicted octanol–water partition coefficient (Wildman–Crippen LogP) is 3.55. The Hall–Kier alpha value is -2.83. The minimum Gasteiger partial charge on any atom is -0.462 e. The van der Waals surface area contributed by atoms with E-state index in [4.69, 9.17) is 10.00 Å². The highest BCUT2D eigenvalue weighted by Gasteiger charge is 2.20. The first-order chi connectivity index (χ1) is 12.8. The number of hydrogen-bond acceptors (Lipinski definition) is 7. The van der Waals surface area contributed by atoms with E-state index in [1.165, 1.54) is 17.5 Å². The fourth-order valence-electron chi connectivity index (χ4n) is 2.27. The van der Waals surface area contributed by atoms with Crippen LogP contribution in [0.25, 0.3) is 0 Å². The third-order valence-corrected chi connectivity index (χ3v) is 6.03. The number of nitrogens with one attached hydrogen (secondary N) is 2. The van der Waals surface area contributed by atoms with Crippen molar-refractivity contribution < 1.29 is 17.9 Å². The van der Waals surface area contributed by atoms with Crippen LogP contribution in [0.3, 0.4) is 0 Å². The van der Waals surface area contributed by atoms with Crippen LogP contribution in [0.15, 0.2) is 47.0 Å². The van der Waals surface area contributed by atoms with Crippen molar-refractivity contribution in [2.75, 3.05) is 16.6 Å². The molecule has 0 unspecified atom stereocenters. The molecule has 0 radical (unpaired) electrons. The molecule has 0 aliphatic rings. The van der Waals surface area contributed by atoms with Gasteiger partial charge in [-0.1, -0.05) is 12.1 Å². The molecule has 0 aliphatic carbocycles. The Morgan fingerprint density at radius 1 is 1.30 bits per heavy atom. The summed E-state index contributed by atoms with van der Waals surface area (Å²) >= 11 is 1.40. The summed E-state index contributed by atoms with van der Waals surface area (Å²) in [7, 11) is -3.77. The molecule has 1 aromatic heterocycles. The fraction of sp³-hybridized carbons (Fsp3) is 0.222. The summed E-state index contributed by atoms with van der Waals surface area (Å²) in [5.41, 5.74) is 0.458. The topological polar surface area (TPSA) is 108 Å². The van der Waals surface area contributed by atoms with E-state index in [9.17, 15) is 13.2 Å². The molecule has 2 N–H and O–H groups in total. The second-order valence-corrected chi connectivity index (χ2v) is 8.57. The van der Waals surface area contributed by atoms with Crippen LogP contribution in [-0.2, 0) is 19.6 Å². The van der Waals surface area contributed by atoms with Gasteiger partial charge >= 0.3 is 5.97 Å². The highest BCUT2D eigenvalue weighted by molar-refractivity contribution is 7.93. The molecule has 9 heteroatoms. The molecular formula is C18H19N3O4S2. The lowest BCUT2D eigenvalue weighted by Gasteiger charge is -2.12. The van der Waals surface area contributed by atoms with Crippen molar-refractivity contribution in [2.45, 2.75) is 25.7 Å². The van der Waals surface area contributed by atoms with Crippen molar-refractivity contribution in [1.29, 1.82) is 5.26 Å². The SMILES string of the molecule is CCOC(=O)/C(C#N)=C/Nc1ccccc1NS(=O)(=O)c1cc(C)sc1C. The van der Waals surface area contributed by atoms with Crippen LogP contribution in [0, 0.1) is 25.2 Å². The quantitative estimate of drug-likeness (QED) is 0.414. The summed E-state index contributed by atoms with van der Waals surface area (Å²) in [5, 5.41) is 11.9. The van der Waals surface area contributed by atoms with Gasteiger partial charge in [-0.3, -0.25) is 4.72 Å². The summed E-state index contributed by atoms with van der Waals surface area (Å²) in [4.78, 5) is 13.5. The highest BCUT2D eigenvalue weighted by atomic mass is 32.2. The maximum atomic E-state index is 12.7. The first kappa shape index (κ1) is 20.5. The van der Waals surface area contributed by atoms with Crippen LogP contribution in [0.5, 0.6) is 0 Å². The summed E-state index contributed by atoms with van der Waals surface area (Å²) in [5.74, 6) is -0.755. The van der Waals surface area contributed by atoms with E-state index in [0.717, 1.165) is 4.88 Å². The number of nitrogens with zero attached hydrogens (tertiary/aromatic N) is 1. The van der Waals surface area contributed by atoms with Gasteiger partial charge in [-0.25, -0.2) is 13.2 Å². The third-order valence-electron chi connectivity index (χ3n) is 3.44. The lowest BCUT2D eigenvalue weighted by Crippen LogP contribution is -2.14. The third kappa shape index (κ3) is 5.09. The van der Waals surface area contributed by atoms with E-state index in [1.54, 1.807) is 50.2 Å². The van der Waals surface area contributed by atoms with E-state index in [0.29, 0.717) is 10.6 Å². The van der Waals surface area contributed by atoms with Crippen molar-refractivity contribution in [3.63, 3.8) is 0 Å². The van der Waals surface area contributed by atoms with Crippen LogP contribution in [0.2, 0.25) is 0 Å². The Balaban J connectivity index is 2.30. The van der Waals surface area contributed by atoms with Gasteiger partial charge in [0.2, 0.25) is 0 Å². The number of para-hydroxylation sites is 2. The molecule has 2 aromatic rings. The average molecular weight is 406 g/mol. The molecule has 0 fully saturated rings. The molecule has 0 spiro atoms. The second-order valence-electron chi connectivity index (χ2n) is 5.46. The number of nitriles is 1. The number of ether oxygens (including phenoxy) is 1. The highest BCUT2D eigenvalue weighted by Crippen LogP contribution is 2.29. The van der Waals surface area contributed by atoms with Crippen molar-refractivity contribution in [3.8, 4) is 6.07 Å². The van der Waals surface area contributed by atoms with Gasteiger partial charge in [0.15, 0.2) is 5.57 Å². The molecule has 27 heavy (non-hydrogen) atoms. The Labute approximate surface area is 162 Å². The number of thiophene rings is 1. The van der Waals surface area contributed by atoms with E-state index in [-0.39, 0.29) is 22.8 Å². The molecule has 142 valence electrons. The van der Waals surface area contributed by atoms with E-state index in [1.807, 2.05) is 6.92 Å². The normalized spacial score (nSPS) is 11.6. The maximum Gasteiger partial charge on any atom is 0.350 e. The Morgan fingerprint density at radius 3 is 2.52 bits per heavy atom. The Morgan fingerprint density at radius 2 is 1.96 bits per heavy atom. The largest absolute Gasteiger partial charge is 0.462 e. The number of aryl methyl sites for hydroxylation is 2. The fourth-order valence-corrected chi connectivity index (χ4v) is 4.90. The van der Waals surface area contributed by atoms with E-state index >= 15 is 0 Å². The molecular weight excluding hydrogens is 386 g/mol. The van der Waals surface area contributed by atoms with Crippen molar-refractivity contribution in [1.82, 2.24) is 0 Å². The number of anilines is 2. The summed E-state index contributed by atoms with van der Waals surface area (Å²) in [6, 6.07) is 9.95. The molecule has 7 nitrogen and oxygen atoms in total. The zero-order valence-electron chi connectivity index (χ0n) is 15.1. The molecule has 0 saturated carbocycles. The molecule has 0 bridgehead atoms. The standard InChI is InChI=1S/C18H19N3O4S2/c1-4-25-18(22)14(10-19)11-20-15-7-5-6-8-16(15)21-27(23,24)17-9-12(2)26-13(17)3/h5-9,11,20-21H,4H2,1-3H3/b14-11+. The van der Waals surface area contributed by atoms with Gasteiger partial charge < -0.3 is 10.1 Å². The molecule has 0 amide bonds. The second kappa shape index (κ2) is 8.70. The lowest BCUT2D eigenvalue weighted by atomic mass is 10.2. The van der Waals surface area contributed by atoms with Crippen molar-refractivity contribution in [3.05, 3.63) is 51.9 Å². The molecule has 0 aliphatic heterocycles. The summed E-state index contributed by atoms with van der Waals surface area (Å²) in [6.07, 6.45) is 1.19. The van der Waals surface area contributed by atoms with Crippen LogP contribution in [0.1, 0.15) is 16.7 Å². The van der Waals surface area contributed by atoms with Gasteiger partial charge in [-0.2, -0.15) is 5.26 Å². The number of rotatable bonds is 7. The first-order valence-corrected chi connectivity index (χ1v) is 10.3. The Kier molecular flexibility index (Phi) is 6.60. The first-order valence-electron chi connectivity index (χ1n) is 8.01. The van der Waals surface area contributed by atoms with Gasteiger partial charge in [0.1, 0.15) is 11.0 Å². The van der Waals surface area contributed by atoms with Crippen LogP contribution >= 0.6 is 11.3 Å². The maximum absolute atomic E-state index is 12.7. The predicted molar refractivity (Wildman–Crippen MR) is 105 cm³/mol. The number of esters is 1. The summed E-state index contributed by atoms with van der Waals surface area (Å²) in [6.45, 7) is 5.37. The molecule has 0 atom stereocenters. The zero-order chi connectivity index (χ0) is 20.0. The number of carbonyl (C=O) groups is 1. The van der Waals surface area contributed by atoms with E-state index in [2.05, 4.69) is 10.0 Å². The van der Waals surface area contributed by atoms with Gasteiger partial charge in [-0.15, -0.1) is 11.3 Å². The monoisotopic (exact) mass is 405 g/mol.